The molecule has 0 aliphatic heterocycles. The van der Waals surface area contributed by atoms with E-state index in [0.717, 1.165) is 5.56 Å². The first-order valence-corrected chi connectivity index (χ1v) is 8.96. The van der Waals surface area contributed by atoms with Gasteiger partial charge in [0.25, 0.3) is 0 Å². The molecule has 3 atom stereocenters. The van der Waals surface area contributed by atoms with Gasteiger partial charge in [-0.15, -0.1) is 0 Å². The van der Waals surface area contributed by atoms with Gasteiger partial charge in [0, 0.05) is 17.1 Å². The van der Waals surface area contributed by atoms with Crippen LogP contribution in [0.5, 0.6) is 0 Å². The van der Waals surface area contributed by atoms with Crippen molar-refractivity contribution in [2.24, 2.45) is 11.8 Å². The van der Waals surface area contributed by atoms with E-state index in [9.17, 15) is 4.79 Å². The van der Waals surface area contributed by atoms with Crippen molar-refractivity contribution >= 4 is 17.6 Å². The summed E-state index contributed by atoms with van der Waals surface area (Å²) in [4.78, 5) is 12.5. The van der Waals surface area contributed by atoms with Crippen LogP contribution in [0.4, 0.5) is 0 Å². The summed E-state index contributed by atoms with van der Waals surface area (Å²) < 4.78 is 5.08. The molecule has 0 aliphatic rings. The molecule has 0 unspecified atom stereocenters. The van der Waals surface area contributed by atoms with E-state index in [4.69, 9.17) is 16.3 Å². The maximum atomic E-state index is 12.5. The van der Waals surface area contributed by atoms with Crippen LogP contribution >= 0.6 is 11.6 Å². The van der Waals surface area contributed by atoms with Crippen molar-refractivity contribution in [1.29, 1.82) is 0 Å². The monoisotopic (exact) mass is 359 g/mol. The molecule has 0 heterocycles. The fourth-order valence-electron chi connectivity index (χ4n) is 3.11. The number of carbonyl (C=O) groups is 1. The van der Waals surface area contributed by atoms with E-state index in [1.54, 1.807) is 0 Å². The quantitative estimate of drug-likeness (QED) is 0.692. The van der Waals surface area contributed by atoms with Crippen LogP contribution in [0.3, 0.4) is 0 Å². The Morgan fingerprint density at radius 3 is 2.08 bits per heavy atom. The predicted molar refractivity (Wildman–Crippen MR) is 103 cm³/mol. The molecule has 25 heavy (non-hydrogen) atoms. The van der Waals surface area contributed by atoms with Crippen molar-refractivity contribution < 1.29 is 9.53 Å². The number of hydrogen-bond acceptors (Lipinski definition) is 3. The van der Waals surface area contributed by atoms with E-state index in [2.05, 4.69) is 24.4 Å². The van der Waals surface area contributed by atoms with Gasteiger partial charge in [-0.25, -0.2) is 0 Å². The number of hydrogen-bond donors (Lipinski definition) is 1. The average molecular weight is 360 g/mol. The van der Waals surface area contributed by atoms with Crippen LogP contribution in [0.25, 0.3) is 0 Å². The highest BCUT2D eigenvalue weighted by molar-refractivity contribution is 6.30. The number of ether oxygens (including phenoxy) is 1. The Morgan fingerprint density at radius 2 is 1.56 bits per heavy atom. The molecule has 2 aromatic carbocycles. The molecule has 1 N–H and O–H groups in total. The molecule has 0 saturated heterocycles. The third kappa shape index (κ3) is 5.07. The maximum absolute atomic E-state index is 12.5. The van der Waals surface area contributed by atoms with Gasteiger partial charge >= 0.3 is 5.97 Å². The van der Waals surface area contributed by atoms with Crippen LogP contribution in [0.1, 0.15) is 44.0 Å². The van der Waals surface area contributed by atoms with Gasteiger partial charge in [0.05, 0.1) is 13.0 Å². The first-order valence-electron chi connectivity index (χ1n) is 8.58. The molecule has 0 amide bonds. The van der Waals surface area contributed by atoms with Gasteiger partial charge in [0.15, 0.2) is 0 Å². The fraction of sp³-hybridized carbons (Fsp3) is 0.381. The molecule has 0 fully saturated rings. The first-order chi connectivity index (χ1) is 11.9. The molecule has 0 radical (unpaired) electrons. The van der Waals surface area contributed by atoms with E-state index in [1.807, 2.05) is 56.3 Å². The molecular formula is C21H26ClNO2. The number of rotatable bonds is 7. The highest BCUT2D eigenvalue weighted by Crippen LogP contribution is 2.32. The van der Waals surface area contributed by atoms with Crippen LogP contribution in [-0.2, 0) is 9.53 Å². The van der Waals surface area contributed by atoms with Gasteiger partial charge in [-0.3, -0.25) is 4.79 Å². The molecule has 0 spiro atoms. The highest BCUT2D eigenvalue weighted by Gasteiger charge is 2.34. The number of methoxy groups -OCH3 is 1. The summed E-state index contributed by atoms with van der Waals surface area (Å²) in [7, 11) is 1.44. The Balaban J connectivity index is 2.37. The minimum absolute atomic E-state index is 0.0905. The summed E-state index contributed by atoms with van der Waals surface area (Å²) in [6.07, 6.45) is 0. The van der Waals surface area contributed by atoms with Gasteiger partial charge in [-0.1, -0.05) is 67.9 Å². The van der Waals surface area contributed by atoms with E-state index in [-0.39, 0.29) is 29.9 Å². The molecule has 3 nitrogen and oxygen atoms in total. The minimum atomic E-state index is -0.294. The molecule has 2 aromatic rings. The third-order valence-corrected chi connectivity index (χ3v) is 4.76. The van der Waals surface area contributed by atoms with Crippen LogP contribution in [0.15, 0.2) is 54.6 Å². The van der Waals surface area contributed by atoms with Gasteiger partial charge < -0.3 is 10.1 Å². The molecular weight excluding hydrogens is 334 g/mol. The summed E-state index contributed by atoms with van der Waals surface area (Å²) in [6, 6.07) is 17.8. The van der Waals surface area contributed by atoms with Crippen LogP contribution in [-0.4, -0.2) is 13.1 Å². The van der Waals surface area contributed by atoms with Crippen molar-refractivity contribution in [3.05, 3.63) is 70.7 Å². The Hall–Kier alpha value is -1.84. The van der Waals surface area contributed by atoms with E-state index >= 15 is 0 Å². The molecule has 0 aliphatic carbocycles. The predicted octanol–water partition coefficient (Wildman–Crippen LogP) is 5.18. The average Bonchev–Trinajstić information content (AvgIpc) is 2.62. The zero-order valence-electron chi connectivity index (χ0n) is 15.2. The van der Waals surface area contributed by atoms with Crippen molar-refractivity contribution in [3.8, 4) is 0 Å². The second kappa shape index (κ2) is 9.02. The molecule has 2 rings (SSSR count). The Bertz CT molecular complexity index is 670. The number of halogens is 1. The van der Waals surface area contributed by atoms with E-state index in [1.165, 1.54) is 12.7 Å². The smallest absolute Gasteiger partial charge is 0.310 e. The van der Waals surface area contributed by atoms with Gasteiger partial charge in [0.2, 0.25) is 0 Å². The number of benzene rings is 2. The molecule has 0 saturated carbocycles. The Labute approximate surface area is 155 Å². The Kier molecular flexibility index (Phi) is 7.03. The maximum Gasteiger partial charge on any atom is 0.310 e. The first kappa shape index (κ1) is 19.5. The van der Waals surface area contributed by atoms with E-state index < -0.39 is 0 Å². The number of nitrogens with one attached hydrogen (secondary N) is 1. The zero-order chi connectivity index (χ0) is 18.4. The molecule has 0 aromatic heterocycles. The lowest BCUT2D eigenvalue weighted by Crippen LogP contribution is -2.38. The minimum Gasteiger partial charge on any atom is -0.469 e. The summed E-state index contributed by atoms with van der Waals surface area (Å²) in [5.74, 6) is -0.372. The van der Waals surface area contributed by atoms with Crippen LogP contribution in [0.2, 0.25) is 5.02 Å². The van der Waals surface area contributed by atoms with Crippen LogP contribution < -0.4 is 5.32 Å². The van der Waals surface area contributed by atoms with E-state index in [0.29, 0.717) is 5.02 Å². The molecule has 0 bridgehead atoms. The van der Waals surface area contributed by atoms with Crippen molar-refractivity contribution in [2.75, 3.05) is 7.11 Å². The SMILES string of the molecule is COC(=O)[C@@H](C(C)C)[C@H](N[C@H](C)c1ccccc1)c1ccc(Cl)cc1. The van der Waals surface area contributed by atoms with Crippen LogP contribution in [0, 0.1) is 11.8 Å². The lowest BCUT2D eigenvalue weighted by molar-refractivity contribution is -0.148. The molecule has 4 heteroatoms. The van der Waals surface area contributed by atoms with Crippen molar-refractivity contribution in [3.63, 3.8) is 0 Å². The van der Waals surface area contributed by atoms with Gasteiger partial charge in [-0.05, 0) is 36.1 Å². The molecule has 134 valence electrons. The largest absolute Gasteiger partial charge is 0.469 e. The normalized spacial score (nSPS) is 14.8. The fourth-order valence-corrected chi connectivity index (χ4v) is 3.24. The third-order valence-electron chi connectivity index (χ3n) is 4.51. The number of carbonyl (C=O) groups excluding carboxylic acids is 1. The number of esters is 1. The topological polar surface area (TPSA) is 38.3 Å². The second-order valence-corrected chi connectivity index (χ2v) is 7.06. The standard InChI is InChI=1S/C21H26ClNO2/c1-14(2)19(21(24)25-4)20(17-10-12-18(22)13-11-17)23-15(3)16-8-6-5-7-9-16/h5-15,19-20,23H,1-4H3/t15-,19+,20-/m1/s1. The highest BCUT2D eigenvalue weighted by atomic mass is 35.5. The summed E-state index contributed by atoms with van der Waals surface area (Å²) in [6.45, 7) is 6.19. The Morgan fingerprint density at radius 1 is 0.960 bits per heavy atom. The second-order valence-electron chi connectivity index (χ2n) is 6.62. The van der Waals surface area contributed by atoms with Gasteiger partial charge in [0.1, 0.15) is 0 Å². The van der Waals surface area contributed by atoms with Crippen molar-refractivity contribution in [1.82, 2.24) is 5.32 Å². The lowest BCUT2D eigenvalue weighted by atomic mass is 9.83. The lowest BCUT2D eigenvalue weighted by Gasteiger charge is -2.32. The summed E-state index contributed by atoms with van der Waals surface area (Å²) >= 11 is 6.04. The van der Waals surface area contributed by atoms with Crippen molar-refractivity contribution in [2.45, 2.75) is 32.9 Å². The zero-order valence-corrected chi connectivity index (χ0v) is 16.0. The van der Waals surface area contributed by atoms with Gasteiger partial charge in [-0.2, -0.15) is 0 Å². The summed E-state index contributed by atoms with van der Waals surface area (Å²) in [5, 5.41) is 4.30. The summed E-state index contributed by atoms with van der Waals surface area (Å²) in [5.41, 5.74) is 2.20.